The number of carbonyl (C=O) groups excluding carboxylic acids is 1. The average molecular weight is 479 g/mol. The van der Waals surface area contributed by atoms with Gasteiger partial charge in [-0.05, 0) is 63.2 Å². The number of nitrogens with one attached hydrogen (secondary N) is 1. The summed E-state index contributed by atoms with van der Waals surface area (Å²) in [5.41, 5.74) is 4.54. The van der Waals surface area contributed by atoms with Crippen LogP contribution in [0.1, 0.15) is 25.0 Å². The number of nitrogens with zero attached hydrogens (tertiary/aromatic N) is 5. The van der Waals surface area contributed by atoms with Crippen LogP contribution < -0.4 is 5.32 Å². The number of carbonyl (C=O) groups is 1. The standard InChI is InChI=1S/C26H34N6OS/c1-19(2)27-24(33)17-29-12-14-30(15-13-29)18-31-26(34)32(23-11-10-20(3)21(4)16-23)25(28-31)22-8-6-5-7-9-22/h5-11,16,19H,12-15,17-18H2,1-4H3,(H,27,33). The summed E-state index contributed by atoms with van der Waals surface area (Å²) in [5, 5.41) is 7.93. The van der Waals surface area contributed by atoms with Crippen molar-refractivity contribution in [3.63, 3.8) is 0 Å². The number of amides is 1. The monoisotopic (exact) mass is 478 g/mol. The van der Waals surface area contributed by atoms with Gasteiger partial charge < -0.3 is 5.32 Å². The van der Waals surface area contributed by atoms with E-state index in [9.17, 15) is 4.79 Å². The van der Waals surface area contributed by atoms with E-state index in [2.05, 4.69) is 63.9 Å². The maximum atomic E-state index is 12.1. The lowest BCUT2D eigenvalue weighted by molar-refractivity contribution is -0.123. The smallest absolute Gasteiger partial charge is 0.234 e. The highest BCUT2D eigenvalue weighted by atomic mass is 32.1. The van der Waals surface area contributed by atoms with Gasteiger partial charge in [0.15, 0.2) is 5.82 Å². The molecule has 0 bridgehead atoms. The molecule has 1 aliphatic heterocycles. The van der Waals surface area contributed by atoms with Crippen molar-refractivity contribution in [1.29, 1.82) is 0 Å². The van der Waals surface area contributed by atoms with Gasteiger partial charge >= 0.3 is 0 Å². The Bertz CT molecular complexity index is 1190. The second-order valence-corrected chi connectivity index (χ2v) is 9.70. The molecule has 0 unspecified atom stereocenters. The predicted molar refractivity (Wildman–Crippen MR) is 139 cm³/mol. The highest BCUT2D eigenvalue weighted by molar-refractivity contribution is 7.71. The Morgan fingerprint density at radius 3 is 2.32 bits per heavy atom. The Morgan fingerprint density at radius 1 is 1.00 bits per heavy atom. The maximum Gasteiger partial charge on any atom is 0.234 e. The van der Waals surface area contributed by atoms with Crippen LogP contribution in [0.4, 0.5) is 0 Å². The van der Waals surface area contributed by atoms with E-state index in [0.29, 0.717) is 18.0 Å². The molecule has 1 N–H and O–H groups in total. The molecule has 2 aromatic carbocycles. The summed E-state index contributed by atoms with van der Waals surface area (Å²) in [6.07, 6.45) is 0. The number of hydrogen-bond acceptors (Lipinski definition) is 5. The van der Waals surface area contributed by atoms with Crippen LogP contribution in [0.25, 0.3) is 17.1 Å². The van der Waals surface area contributed by atoms with Crippen LogP contribution >= 0.6 is 12.2 Å². The molecule has 0 radical (unpaired) electrons. The van der Waals surface area contributed by atoms with Gasteiger partial charge in [-0.3, -0.25) is 19.2 Å². The highest BCUT2D eigenvalue weighted by Gasteiger charge is 2.21. The van der Waals surface area contributed by atoms with Gasteiger partial charge in [-0.15, -0.1) is 5.10 Å². The lowest BCUT2D eigenvalue weighted by Crippen LogP contribution is -2.50. The first kappa shape index (κ1) is 24.3. The SMILES string of the molecule is Cc1ccc(-n2c(-c3ccccc3)nn(CN3CCN(CC(=O)NC(C)C)CC3)c2=S)cc1C. The number of piperazine rings is 1. The highest BCUT2D eigenvalue weighted by Crippen LogP contribution is 2.24. The molecule has 0 aliphatic carbocycles. The summed E-state index contributed by atoms with van der Waals surface area (Å²) in [7, 11) is 0. The van der Waals surface area contributed by atoms with E-state index in [1.807, 2.05) is 36.7 Å². The number of aromatic nitrogens is 3. The van der Waals surface area contributed by atoms with Gasteiger partial charge in [-0.1, -0.05) is 36.4 Å². The molecule has 34 heavy (non-hydrogen) atoms. The fraction of sp³-hybridized carbons (Fsp3) is 0.423. The largest absolute Gasteiger partial charge is 0.353 e. The summed E-state index contributed by atoms with van der Waals surface area (Å²) in [6.45, 7) is 12.7. The van der Waals surface area contributed by atoms with Crippen LogP contribution in [0.5, 0.6) is 0 Å². The van der Waals surface area contributed by atoms with Crippen molar-refractivity contribution in [1.82, 2.24) is 29.5 Å². The molecule has 180 valence electrons. The molecule has 1 saturated heterocycles. The van der Waals surface area contributed by atoms with Crippen molar-refractivity contribution in [3.8, 4) is 17.1 Å². The second kappa shape index (κ2) is 10.6. The quantitative estimate of drug-likeness (QED) is 0.524. The van der Waals surface area contributed by atoms with Crippen molar-refractivity contribution in [2.75, 3.05) is 32.7 Å². The minimum Gasteiger partial charge on any atom is -0.353 e. The molecule has 7 nitrogen and oxygen atoms in total. The molecule has 0 saturated carbocycles. The number of rotatable bonds is 7. The van der Waals surface area contributed by atoms with Crippen LogP contribution in [0.2, 0.25) is 0 Å². The predicted octanol–water partition coefficient (Wildman–Crippen LogP) is 3.79. The van der Waals surface area contributed by atoms with Gasteiger partial charge in [0.05, 0.1) is 18.9 Å². The van der Waals surface area contributed by atoms with Gasteiger partial charge in [0.2, 0.25) is 10.7 Å². The molecule has 1 aliphatic rings. The Hall–Kier alpha value is -2.81. The van der Waals surface area contributed by atoms with Crippen LogP contribution in [-0.4, -0.2) is 68.8 Å². The van der Waals surface area contributed by atoms with Crippen LogP contribution in [0.3, 0.4) is 0 Å². The number of benzene rings is 2. The zero-order chi connectivity index (χ0) is 24.2. The Labute approximate surface area is 207 Å². The first-order valence-electron chi connectivity index (χ1n) is 11.9. The summed E-state index contributed by atoms with van der Waals surface area (Å²) in [5.74, 6) is 0.933. The summed E-state index contributed by atoms with van der Waals surface area (Å²) < 4.78 is 4.68. The van der Waals surface area contributed by atoms with Gasteiger partial charge in [0, 0.05) is 37.8 Å². The van der Waals surface area contributed by atoms with Crippen LogP contribution in [-0.2, 0) is 11.5 Å². The van der Waals surface area contributed by atoms with E-state index in [1.54, 1.807) is 0 Å². The third kappa shape index (κ3) is 5.63. The average Bonchev–Trinajstić information content (AvgIpc) is 3.13. The summed E-state index contributed by atoms with van der Waals surface area (Å²) in [6, 6.07) is 16.8. The molecule has 0 atom stereocenters. The van der Waals surface area contributed by atoms with Crippen molar-refractivity contribution >= 4 is 18.1 Å². The molecule has 3 aromatic rings. The first-order chi connectivity index (χ1) is 16.3. The third-order valence-corrected chi connectivity index (χ3v) is 6.63. The first-order valence-corrected chi connectivity index (χ1v) is 12.3. The second-order valence-electron chi connectivity index (χ2n) is 9.33. The van der Waals surface area contributed by atoms with Crippen molar-refractivity contribution in [2.45, 2.75) is 40.4 Å². The zero-order valence-electron chi connectivity index (χ0n) is 20.5. The molecule has 1 fully saturated rings. The van der Waals surface area contributed by atoms with Crippen molar-refractivity contribution in [3.05, 3.63) is 64.4 Å². The number of aryl methyl sites for hydroxylation is 2. The molecule has 0 spiro atoms. The fourth-order valence-electron chi connectivity index (χ4n) is 4.22. The van der Waals surface area contributed by atoms with Crippen LogP contribution in [0, 0.1) is 18.6 Å². The molecule has 1 aromatic heterocycles. The van der Waals surface area contributed by atoms with E-state index in [1.165, 1.54) is 11.1 Å². The molecular weight excluding hydrogens is 444 g/mol. The maximum absolute atomic E-state index is 12.1. The van der Waals surface area contributed by atoms with Crippen molar-refractivity contribution in [2.24, 2.45) is 0 Å². The fourth-order valence-corrected chi connectivity index (χ4v) is 4.51. The zero-order valence-corrected chi connectivity index (χ0v) is 21.3. The topological polar surface area (TPSA) is 58.3 Å². The summed E-state index contributed by atoms with van der Waals surface area (Å²) in [4.78, 5) is 16.6. The Kier molecular flexibility index (Phi) is 7.60. The normalized spacial score (nSPS) is 15.1. The summed E-state index contributed by atoms with van der Waals surface area (Å²) >= 11 is 5.93. The van der Waals surface area contributed by atoms with E-state index in [0.717, 1.165) is 43.3 Å². The molecule has 2 heterocycles. The van der Waals surface area contributed by atoms with Gasteiger partial charge in [0.25, 0.3) is 0 Å². The van der Waals surface area contributed by atoms with E-state index in [4.69, 9.17) is 17.3 Å². The lowest BCUT2D eigenvalue weighted by atomic mass is 10.1. The minimum atomic E-state index is 0.0882. The van der Waals surface area contributed by atoms with E-state index >= 15 is 0 Å². The van der Waals surface area contributed by atoms with Gasteiger partial charge in [0.1, 0.15) is 0 Å². The van der Waals surface area contributed by atoms with Crippen LogP contribution in [0.15, 0.2) is 48.5 Å². The molecule has 8 heteroatoms. The van der Waals surface area contributed by atoms with E-state index < -0.39 is 0 Å². The lowest BCUT2D eigenvalue weighted by Gasteiger charge is -2.34. The molecule has 4 rings (SSSR count). The van der Waals surface area contributed by atoms with E-state index in [-0.39, 0.29) is 11.9 Å². The molecule has 1 amide bonds. The van der Waals surface area contributed by atoms with Gasteiger partial charge in [-0.2, -0.15) is 0 Å². The molecular formula is C26H34N6OS. The number of hydrogen-bond donors (Lipinski definition) is 1. The Balaban J connectivity index is 1.54. The van der Waals surface area contributed by atoms with Crippen molar-refractivity contribution < 1.29 is 4.79 Å². The third-order valence-electron chi connectivity index (χ3n) is 6.24. The Morgan fingerprint density at radius 2 is 1.68 bits per heavy atom. The van der Waals surface area contributed by atoms with Gasteiger partial charge in [-0.25, -0.2) is 4.68 Å². The minimum absolute atomic E-state index is 0.0882.